The smallest absolute Gasteiger partial charge is 0.229 e. The number of hydrogen-bond donors (Lipinski definition) is 0. The molecule has 1 aliphatic rings. The molecule has 0 radical (unpaired) electrons. The van der Waals surface area contributed by atoms with E-state index in [9.17, 15) is 0 Å². The van der Waals surface area contributed by atoms with Crippen LogP contribution in [0.1, 0.15) is 203 Å². The molecule has 6 rings (SSSR count). The SMILES string of the molecule is CC(C)c1cccc(C(C)C)c1N1C=[N+](c2c(C(C)C)cc(-c3cc(C(C)C)c(-[n+]4ccn(-c5c(C(C)C)cccc5C(C)C)c4)c(C(C)C)c3)cc2C(C)C)CC1. The van der Waals surface area contributed by atoms with Crippen LogP contribution in [0.2, 0.25) is 0 Å². The Morgan fingerprint density at radius 3 is 1.19 bits per heavy atom. The van der Waals surface area contributed by atoms with E-state index >= 15 is 0 Å². The molecular formula is C54H74N4+2. The fourth-order valence-electron chi connectivity index (χ4n) is 9.19. The first kappa shape index (κ1) is 43.1. The van der Waals surface area contributed by atoms with Gasteiger partial charge in [0.05, 0.1) is 0 Å². The quantitative estimate of drug-likeness (QED) is 0.109. The fraction of sp³-hybridized carbons (Fsp3) is 0.481. The Hall–Kier alpha value is -4.44. The van der Waals surface area contributed by atoms with Gasteiger partial charge in [0.15, 0.2) is 0 Å². The van der Waals surface area contributed by atoms with Gasteiger partial charge in [0, 0.05) is 44.5 Å². The zero-order chi connectivity index (χ0) is 42.3. The molecule has 0 amide bonds. The number of rotatable bonds is 13. The maximum atomic E-state index is 2.57. The number of imidazole rings is 1. The van der Waals surface area contributed by atoms with Crippen molar-refractivity contribution in [1.82, 2.24) is 4.57 Å². The number of benzene rings is 4. The maximum absolute atomic E-state index is 2.57. The Balaban J connectivity index is 1.51. The van der Waals surface area contributed by atoms with Gasteiger partial charge in [-0.25, -0.2) is 18.6 Å². The lowest BCUT2D eigenvalue weighted by molar-refractivity contribution is -0.596. The highest BCUT2D eigenvalue weighted by atomic mass is 15.3. The summed E-state index contributed by atoms with van der Waals surface area (Å²) < 4.78 is 7.34. The van der Waals surface area contributed by atoms with Crippen molar-refractivity contribution >= 4 is 17.7 Å². The minimum atomic E-state index is 0.348. The standard InChI is InChI=1S/C54H74N4/c1-33(2)43-19-17-20-44(34(3)4)51(43)55-23-25-57(31-55)53-47(37(9)10)27-41(28-48(53)38(11)12)42-29-49(39(13)14)54(50(30-42)40(15)16)58-26-24-56(32-58)52-45(35(5)6)21-18-22-46(52)36(7)8/h17-23,25,27-40H,24,26H2,1-16H3/q+2. The summed E-state index contributed by atoms with van der Waals surface area (Å²) in [4.78, 5) is 2.55. The molecule has 1 aromatic heterocycles. The van der Waals surface area contributed by atoms with E-state index in [0.717, 1.165) is 13.1 Å². The summed E-state index contributed by atoms with van der Waals surface area (Å²) in [6.45, 7) is 39.4. The highest BCUT2D eigenvalue weighted by Crippen LogP contribution is 2.43. The van der Waals surface area contributed by atoms with Crippen LogP contribution in [0.25, 0.3) is 22.5 Å². The first-order chi connectivity index (χ1) is 27.4. The van der Waals surface area contributed by atoms with Crippen molar-refractivity contribution in [2.75, 3.05) is 18.0 Å². The predicted molar refractivity (Wildman–Crippen MR) is 250 cm³/mol. The average molecular weight is 779 g/mol. The Bertz CT molecular complexity index is 2160. The molecule has 4 heteroatoms. The Labute approximate surface area is 352 Å². The molecule has 0 saturated heterocycles. The number of para-hydroxylation sites is 2. The monoisotopic (exact) mass is 779 g/mol. The first-order valence-electron chi connectivity index (χ1n) is 22.5. The largest absolute Gasteiger partial charge is 0.254 e. The molecule has 2 heterocycles. The van der Waals surface area contributed by atoms with E-state index in [2.05, 4.69) is 215 Å². The molecule has 4 aromatic carbocycles. The summed E-state index contributed by atoms with van der Waals surface area (Å²) in [6.07, 6.45) is 9.28. The number of hydrogen-bond acceptors (Lipinski definition) is 1. The number of aromatic nitrogens is 2. The van der Waals surface area contributed by atoms with Gasteiger partial charge in [-0.1, -0.05) is 147 Å². The van der Waals surface area contributed by atoms with Gasteiger partial charge in [-0.2, -0.15) is 0 Å². The molecule has 58 heavy (non-hydrogen) atoms. The van der Waals surface area contributed by atoms with Crippen LogP contribution in [0.4, 0.5) is 11.4 Å². The minimum Gasteiger partial charge on any atom is -0.229 e. The fourth-order valence-corrected chi connectivity index (χ4v) is 9.19. The summed E-state index contributed by atoms with van der Waals surface area (Å²) in [5, 5.41) is 0. The third-order valence-corrected chi connectivity index (χ3v) is 12.4. The second-order valence-electron chi connectivity index (χ2n) is 19.5. The van der Waals surface area contributed by atoms with Crippen molar-refractivity contribution in [3.05, 3.63) is 124 Å². The van der Waals surface area contributed by atoms with Crippen molar-refractivity contribution in [3.8, 4) is 22.5 Å². The molecular weight excluding hydrogens is 705 g/mol. The summed E-state index contributed by atoms with van der Waals surface area (Å²) >= 11 is 0. The van der Waals surface area contributed by atoms with Crippen LogP contribution in [0.15, 0.2) is 79.4 Å². The zero-order valence-electron chi connectivity index (χ0n) is 38.9. The van der Waals surface area contributed by atoms with E-state index in [0.29, 0.717) is 47.3 Å². The molecule has 0 unspecified atom stereocenters. The van der Waals surface area contributed by atoms with Crippen LogP contribution in [0.3, 0.4) is 0 Å². The zero-order valence-corrected chi connectivity index (χ0v) is 38.9. The summed E-state index contributed by atoms with van der Waals surface area (Å²) in [5.41, 5.74) is 19.4. The van der Waals surface area contributed by atoms with Gasteiger partial charge in [0.2, 0.25) is 6.34 Å². The van der Waals surface area contributed by atoms with E-state index in [1.807, 2.05) is 0 Å². The van der Waals surface area contributed by atoms with E-state index in [-0.39, 0.29) is 0 Å². The van der Waals surface area contributed by atoms with Gasteiger partial charge in [0.1, 0.15) is 48.2 Å². The van der Waals surface area contributed by atoms with Gasteiger partial charge in [-0.05, 0) is 82.7 Å². The van der Waals surface area contributed by atoms with Crippen LogP contribution in [0, 0.1) is 0 Å². The van der Waals surface area contributed by atoms with Crippen molar-refractivity contribution in [3.63, 3.8) is 0 Å². The molecule has 0 aliphatic carbocycles. The van der Waals surface area contributed by atoms with Crippen LogP contribution < -0.4 is 9.47 Å². The van der Waals surface area contributed by atoms with Gasteiger partial charge in [-0.15, -0.1) is 0 Å². The lowest BCUT2D eigenvalue weighted by Crippen LogP contribution is -2.32. The van der Waals surface area contributed by atoms with Crippen molar-refractivity contribution in [1.29, 1.82) is 0 Å². The molecule has 1 aliphatic heterocycles. The molecule has 0 fully saturated rings. The van der Waals surface area contributed by atoms with Crippen molar-refractivity contribution < 1.29 is 9.14 Å². The van der Waals surface area contributed by atoms with E-state index in [4.69, 9.17) is 0 Å². The molecule has 0 bridgehead atoms. The van der Waals surface area contributed by atoms with Gasteiger partial charge in [-0.3, -0.25) is 0 Å². The van der Waals surface area contributed by atoms with Crippen LogP contribution >= 0.6 is 0 Å². The third kappa shape index (κ3) is 8.36. The average Bonchev–Trinajstić information content (AvgIpc) is 3.87. The molecule has 0 spiro atoms. The first-order valence-corrected chi connectivity index (χ1v) is 22.5. The molecule has 0 saturated carbocycles. The Kier molecular flexibility index (Phi) is 13.0. The van der Waals surface area contributed by atoms with E-state index in [1.54, 1.807) is 0 Å². The highest BCUT2D eigenvalue weighted by Gasteiger charge is 2.33. The number of anilines is 1. The predicted octanol–water partition coefficient (Wildman–Crippen LogP) is 14.6. The Morgan fingerprint density at radius 2 is 0.810 bits per heavy atom. The molecule has 308 valence electrons. The lowest BCUT2D eigenvalue weighted by atomic mass is 9.85. The highest BCUT2D eigenvalue weighted by molar-refractivity contribution is 5.83. The van der Waals surface area contributed by atoms with Gasteiger partial charge < -0.3 is 0 Å². The van der Waals surface area contributed by atoms with Crippen LogP contribution in [0.5, 0.6) is 0 Å². The molecule has 0 atom stereocenters. The second kappa shape index (κ2) is 17.4. The Morgan fingerprint density at radius 1 is 0.448 bits per heavy atom. The van der Waals surface area contributed by atoms with Gasteiger partial charge >= 0.3 is 0 Å². The molecule has 0 N–H and O–H groups in total. The lowest BCUT2D eigenvalue weighted by Gasteiger charge is -2.23. The van der Waals surface area contributed by atoms with Crippen LogP contribution in [-0.4, -0.2) is 28.6 Å². The summed E-state index contributed by atoms with van der Waals surface area (Å²) in [6, 6.07) is 23.8. The number of nitrogens with zero attached hydrogens (tertiary/aromatic N) is 4. The normalized spacial score (nSPS) is 13.7. The summed E-state index contributed by atoms with van der Waals surface area (Å²) in [5.74, 6) is 3.23. The van der Waals surface area contributed by atoms with E-state index < -0.39 is 0 Å². The van der Waals surface area contributed by atoms with Gasteiger partial charge in [0.25, 0.3) is 6.33 Å². The molecule has 4 nitrogen and oxygen atoms in total. The van der Waals surface area contributed by atoms with E-state index in [1.165, 1.54) is 78.4 Å². The second-order valence-corrected chi connectivity index (χ2v) is 19.5. The summed E-state index contributed by atoms with van der Waals surface area (Å²) in [7, 11) is 0. The van der Waals surface area contributed by atoms with Crippen molar-refractivity contribution in [2.45, 2.75) is 158 Å². The third-order valence-electron chi connectivity index (χ3n) is 12.4. The molecule has 5 aromatic rings. The topological polar surface area (TPSA) is 15.1 Å². The minimum absolute atomic E-state index is 0.348. The van der Waals surface area contributed by atoms with Crippen LogP contribution in [-0.2, 0) is 0 Å². The van der Waals surface area contributed by atoms with Crippen molar-refractivity contribution in [2.24, 2.45) is 0 Å². The maximum Gasteiger partial charge on any atom is 0.254 e.